The van der Waals surface area contributed by atoms with Crippen molar-refractivity contribution < 1.29 is 13.2 Å². The van der Waals surface area contributed by atoms with Gasteiger partial charge in [0.25, 0.3) is 10.0 Å². The molecule has 0 radical (unpaired) electrons. The maximum atomic E-state index is 12.4. The highest BCUT2D eigenvalue weighted by molar-refractivity contribution is 7.91. The number of hydrogen-bond donors (Lipinski definition) is 1. The highest BCUT2D eigenvalue weighted by Crippen LogP contribution is 2.29. The zero-order chi connectivity index (χ0) is 15.5. The monoisotopic (exact) mass is 332 g/mol. The van der Waals surface area contributed by atoms with Crippen LogP contribution in [-0.4, -0.2) is 46.1 Å². The highest BCUT2D eigenvalue weighted by atomic mass is 32.2. The van der Waals surface area contributed by atoms with Crippen molar-refractivity contribution in [2.24, 2.45) is 5.92 Å². The van der Waals surface area contributed by atoms with Crippen molar-refractivity contribution in [3.05, 3.63) is 11.4 Å². The standard InChI is InChI=1S/C14H24N2O3S2/c1-11-5-4-7-16(9-11)10-12(2)15-21(17,18)14-13(19-3)6-8-20-14/h6,8,11-12,15H,4-5,7,9-10H2,1-3H3/t11-,12+/m0/s1. The second-order valence-corrected chi connectivity index (χ2v) is 8.63. The van der Waals surface area contributed by atoms with Crippen LogP contribution in [0, 0.1) is 5.92 Å². The zero-order valence-corrected chi connectivity index (χ0v) is 14.5. The molecule has 120 valence electrons. The molecule has 0 spiro atoms. The second kappa shape index (κ2) is 7.09. The van der Waals surface area contributed by atoms with Crippen LogP contribution >= 0.6 is 11.3 Å². The molecule has 0 saturated carbocycles. The van der Waals surface area contributed by atoms with Crippen LogP contribution in [0.1, 0.15) is 26.7 Å². The van der Waals surface area contributed by atoms with E-state index in [1.165, 1.54) is 31.3 Å². The molecule has 0 amide bonds. The Morgan fingerprint density at radius 1 is 1.57 bits per heavy atom. The topological polar surface area (TPSA) is 58.6 Å². The summed E-state index contributed by atoms with van der Waals surface area (Å²) in [4.78, 5) is 2.34. The molecule has 7 heteroatoms. The molecule has 21 heavy (non-hydrogen) atoms. The molecule has 0 unspecified atom stereocenters. The first kappa shape index (κ1) is 16.7. The fraction of sp³-hybridized carbons (Fsp3) is 0.714. The first-order valence-electron chi connectivity index (χ1n) is 7.28. The Morgan fingerprint density at radius 3 is 3.00 bits per heavy atom. The van der Waals surface area contributed by atoms with E-state index < -0.39 is 10.0 Å². The minimum Gasteiger partial charge on any atom is -0.494 e. The van der Waals surface area contributed by atoms with E-state index in [9.17, 15) is 8.42 Å². The second-order valence-electron chi connectivity index (χ2n) is 5.81. The van der Waals surface area contributed by atoms with Crippen LogP contribution in [-0.2, 0) is 10.0 Å². The third-order valence-corrected chi connectivity index (χ3v) is 6.73. The van der Waals surface area contributed by atoms with Crippen molar-refractivity contribution in [2.45, 2.75) is 36.9 Å². The predicted molar refractivity (Wildman–Crippen MR) is 85.5 cm³/mol. The van der Waals surface area contributed by atoms with E-state index in [-0.39, 0.29) is 10.3 Å². The number of hydrogen-bond acceptors (Lipinski definition) is 5. The largest absolute Gasteiger partial charge is 0.494 e. The smallest absolute Gasteiger partial charge is 0.254 e. The van der Waals surface area contributed by atoms with Crippen molar-refractivity contribution in [3.63, 3.8) is 0 Å². The molecular formula is C14H24N2O3S2. The van der Waals surface area contributed by atoms with Gasteiger partial charge in [0, 0.05) is 19.1 Å². The van der Waals surface area contributed by atoms with Crippen molar-refractivity contribution in [3.8, 4) is 5.75 Å². The summed E-state index contributed by atoms with van der Waals surface area (Å²) >= 11 is 1.18. The lowest BCUT2D eigenvalue weighted by molar-refractivity contribution is 0.174. The van der Waals surface area contributed by atoms with Crippen molar-refractivity contribution in [1.29, 1.82) is 0 Å². The molecule has 1 aromatic heterocycles. The molecule has 0 aliphatic carbocycles. The van der Waals surface area contributed by atoms with Gasteiger partial charge in [0.1, 0.15) is 5.75 Å². The average Bonchev–Trinajstić information content (AvgIpc) is 2.86. The van der Waals surface area contributed by atoms with E-state index in [2.05, 4.69) is 16.5 Å². The van der Waals surface area contributed by atoms with Gasteiger partial charge in [0.2, 0.25) is 0 Å². The third kappa shape index (κ3) is 4.42. The average molecular weight is 332 g/mol. The van der Waals surface area contributed by atoms with Gasteiger partial charge in [-0.1, -0.05) is 6.92 Å². The Bertz CT molecular complexity index is 556. The van der Waals surface area contributed by atoms with E-state index >= 15 is 0 Å². The number of ether oxygens (including phenoxy) is 1. The van der Waals surface area contributed by atoms with Gasteiger partial charge in [-0.25, -0.2) is 13.1 Å². The Morgan fingerprint density at radius 2 is 2.33 bits per heavy atom. The predicted octanol–water partition coefficient (Wildman–Crippen LogP) is 2.16. The van der Waals surface area contributed by atoms with Crippen molar-refractivity contribution in [2.75, 3.05) is 26.7 Å². The quantitative estimate of drug-likeness (QED) is 0.867. The molecule has 1 aliphatic rings. The summed E-state index contributed by atoms with van der Waals surface area (Å²) in [6.07, 6.45) is 2.46. The lowest BCUT2D eigenvalue weighted by atomic mass is 10.00. The molecule has 1 fully saturated rings. The van der Waals surface area contributed by atoms with E-state index in [1.807, 2.05) is 6.92 Å². The number of methoxy groups -OCH3 is 1. The van der Waals surface area contributed by atoms with Crippen LogP contribution in [0.4, 0.5) is 0 Å². The number of likely N-dealkylation sites (tertiary alicyclic amines) is 1. The van der Waals surface area contributed by atoms with Crippen LogP contribution in [0.2, 0.25) is 0 Å². The van der Waals surface area contributed by atoms with Gasteiger partial charge in [-0.2, -0.15) is 0 Å². The molecule has 1 aromatic rings. The maximum absolute atomic E-state index is 12.4. The number of sulfonamides is 1. The molecule has 1 aliphatic heterocycles. The Kier molecular flexibility index (Phi) is 5.65. The van der Waals surface area contributed by atoms with Crippen LogP contribution in [0.15, 0.2) is 15.7 Å². The molecule has 0 aromatic carbocycles. The van der Waals surface area contributed by atoms with Crippen LogP contribution < -0.4 is 9.46 Å². The maximum Gasteiger partial charge on any atom is 0.254 e. The normalized spacial score (nSPS) is 22.1. The number of nitrogens with zero attached hydrogens (tertiary/aromatic N) is 1. The van der Waals surface area contributed by atoms with Gasteiger partial charge in [-0.3, -0.25) is 0 Å². The summed E-state index contributed by atoms with van der Waals surface area (Å²) in [7, 11) is -2.02. The highest BCUT2D eigenvalue weighted by Gasteiger charge is 2.25. The van der Waals surface area contributed by atoms with Crippen LogP contribution in [0.5, 0.6) is 5.75 Å². The summed E-state index contributed by atoms with van der Waals surface area (Å²) in [6.45, 7) is 7.01. The summed E-state index contributed by atoms with van der Waals surface area (Å²) in [6, 6.07) is 1.56. The number of piperidine rings is 1. The van der Waals surface area contributed by atoms with Crippen molar-refractivity contribution in [1.82, 2.24) is 9.62 Å². The zero-order valence-electron chi connectivity index (χ0n) is 12.8. The summed E-state index contributed by atoms with van der Waals surface area (Å²) in [5.41, 5.74) is 0. The van der Waals surface area contributed by atoms with E-state index in [4.69, 9.17) is 4.74 Å². The third-order valence-electron chi connectivity index (χ3n) is 3.69. The minimum absolute atomic E-state index is 0.118. The first-order chi connectivity index (χ1) is 9.92. The summed E-state index contributed by atoms with van der Waals surface area (Å²) in [5, 5.41) is 1.73. The SMILES string of the molecule is COc1ccsc1S(=O)(=O)N[C@H](C)CN1CCC[C@H](C)C1. The fourth-order valence-corrected chi connectivity index (χ4v) is 5.35. The molecule has 2 rings (SSSR count). The minimum atomic E-state index is -3.51. The molecule has 0 bridgehead atoms. The van der Waals surface area contributed by atoms with E-state index in [0.717, 1.165) is 19.6 Å². The molecule has 2 heterocycles. The van der Waals surface area contributed by atoms with Gasteiger partial charge >= 0.3 is 0 Å². The molecular weight excluding hydrogens is 308 g/mol. The molecule has 1 saturated heterocycles. The number of thiophene rings is 1. The first-order valence-corrected chi connectivity index (χ1v) is 9.65. The van der Waals surface area contributed by atoms with Crippen LogP contribution in [0.25, 0.3) is 0 Å². The lowest BCUT2D eigenvalue weighted by Crippen LogP contribution is -2.45. The van der Waals surface area contributed by atoms with E-state index in [1.54, 1.807) is 11.4 Å². The Hall–Kier alpha value is -0.630. The van der Waals surface area contributed by atoms with E-state index in [0.29, 0.717) is 11.7 Å². The van der Waals surface area contributed by atoms with Crippen LogP contribution in [0.3, 0.4) is 0 Å². The Labute approximate surface area is 131 Å². The Balaban J connectivity index is 1.96. The summed E-state index contributed by atoms with van der Waals surface area (Å²) < 4.78 is 32.9. The molecule has 2 atom stereocenters. The molecule has 5 nitrogen and oxygen atoms in total. The van der Waals surface area contributed by atoms with Gasteiger partial charge in [-0.05, 0) is 43.7 Å². The van der Waals surface area contributed by atoms with Gasteiger partial charge in [0.05, 0.1) is 7.11 Å². The van der Waals surface area contributed by atoms with Gasteiger partial charge in [-0.15, -0.1) is 11.3 Å². The lowest BCUT2D eigenvalue weighted by Gasteiger charge is -2.32. The number of nitrogens with one attached hydrogen (secondary N) is 1. The van der Waals surface area contributed by atoms with Gasteiger partial charge in [0.15, 0.2) is 4.21 Å². The fourth-order valence-electron chi connectivity index (χ4n) is 2.83. The number of rotatable bonds is 6. The molecule has 1 N–H and O–H groups in total. The van der Waals surface area contributed by atoms with Crippen molar-refractivity contribution >= 4 is 21.4 Å². The summed E-state index contributed by atoms with van der Waals surface area (Å²) in [5.74, 6) is 1.10. The van der Waals surface area contributed by atoms with Gasteiger partial charge < -0.3 is 9.64 Å².